The van der Waals surface area contributed by atoms with Crippen LogP contribution in [0.4, 0.5) is 11.5 Å². The number of aromatic nitrogens is 2. The fraction of sp³-hybridized carbons (Fsp3) is 0.462. The highest BCUT2D eigenvalue weighted by atomic mass is 16.6. The van der Waals surface area contributed by atoms with Crippen molar-refractivity contribution in [3.8, 4) is 0 Å². The van der Waals surface area contributed by atoms with Crippen molar-refractivity contribution in [1.82, 2.24) is 9.78 Å². The van der Waals surface area contributed by atoms with Crippen LogP contribution in [-0.4, -0.2) is 14.7 Å². The van der Waals surface area contributed by atoms with Crippen LogP contribution in [0.2, 0.25) is 0 Å². The lowest BCUT2D eigenvalue weighted by molar-refractivity contribution is -0.384. The molecule has 7 heteroatoms. The Balaban J connectivity index is 2.33. The molecule has 0 amide bonds. The van der Waals surface area contributed by atoms with Gasteiger partial charge in [0.25, 0.3) is 0 Å². The Morgan fingerprint density at radius 1 is 1.55 bits per heavy atom. The van der Waals surface area contributed by atoms with Crippen LogP contribution in [0.3, 0.4) is 0 Å². The summed E-state index contributed by atoms with van der Waals surface area (Å²) in [5.74, 6) is 1.94. The standard InChI is InChI=1S/C13H18N4O3/c1-5-10-12(17(18)19)13(16(4)15-10)14-9(3)11-7-6-8(2)20-11/h6-7,9,14H,5H2,1-4H3. The van der Waals surface area contributed by atoms with E-state index in [1.165, 1.54) is 4.68 Å². The van der Waals surface area contributed by atoms with Gasteiger partial charge in [-0.25, -0.2) is 4.68 Å². The molecule has 2 aromatic heterocycles. The highest BCUT2D eigenvalue weighted by Gasteiger charge is 2.27. The molecule has 2 rings (SSSR count). The first kappa shape index (κ1) is 14.1. The van der Waals surface area contributed by atoms with Crippen LogP contribution >= 0.6 is 0 Å². The van der Waals surface area contributed by atoms with E-state index in [0.717, 1.165) is 11.5 Å². The zero-order valence-corrected chi connectivity index (χ0v) is 12.0. The third-order valence-electron chi connectivity index (χ3n) is 3.15. The number of hydrogen-bond acceptors (Lipinski definition) is 5. The SMILES string of the molecule is CCc1nn(C)c(NC(C)c2ccc(C)o2)c1[N+](=O)[O-]. The third-order valence-corrected chi connectivity index (χ3v) is 3.15. The quantitative estimate of drug-likeness (QED) is 0.671. The molecule has 1 atom stereocenters. The molecule has 0 bridgehead atoms. The minimum atomic E-state index is -0.395. The number of nitrogens with zero attached hydrogens (tertiary/aromatic N) is 3. The maximum atomic E-state index is 11.2. The number of nitrogens with one attached hydrogen (secondary N) is 1. The van der Waals surface area contributed by atoms with Crippen LogP contribution in [0.1, 0.15) is 37.1 Å². The van der Waals surface area contributed by atoms with E-state index in [0.29, 0.717) is 17.9 Å². The van der Waals surface area contributed by atoms with E-state index in [1.54, 1.807) is 7.05 Å². The van der Waals surface area contributed by atoms with Gasteiger partial charge in [-0.05, 0) is 32.4 Å². The number of furan rings is 1. The Morgan fingerprint density at radius 3 is 2.75 bits per heavy atom. The highest BCUT2D eigenvalue weighted by Crippen LogP contribution is 2.31. The molecule has 0 saturated heterocycles. The van der Waals surface area contributed by atoms with Gasteiger partial charge in [-0.3, -0.25) is 10.1 Å². The van der Waals surface area contributed by atoms with Crippen molar-refractivity contribution in [3.63, 3.8) is 0 Å². The average Bonchev–Trinajstić information content (AvgIpc) is 2.94. The largest absolute Gasteiger partial charge is 0.464 e. The summed E-state index contributed by atoms with van der Waals surface area (Å²) < 4.78 is 7.03. The van der Waals surface area contributed by atoms with Crippen molar-refractivity contribution in [3.05, 3.63) is 39.5 Å². The van der Waals surface area contributed by atoms with Crippen LogP contribution in [0, 0.1) is 17.0 Å². The van der Waals surface area contributed by atoms with Crippen molar-refractivity contribution in [2.24, 2.45) is 7.05 Å². The van der Waals surface area contributed by atoms with E-state index in [1.807, 2.05) is 32.9 Å². The summed E-state index contributed by atoms with van der Waals surface area (Å²) in [5.41, 5.74) is 0.507. The lowest BCUT2D eigenvalue weighted by atomic mass is 10.2. The Morgan fingerprint density at radius 2 is 2.25 bits per heavy atom. The second-order valence-corrected chi connectivity index (χ2v) is 4.69. The first-order chi connectivity index (χ1) is 9.43. The summed E-state index contributed by atoms with van der Waals surface area (Å²) in [6.07, 6.45) is 0.514. The first-order valence-corrected chi connectivity index (χ1v) is 6.47. The lowest BCUT2D eigenvalue weighted by Gasteiger charge is -2.12. The van der Waals surface area contributed by atoms with Gasteiger partial charge in [-0.2, -0.15) is 5.10 Å². The Labute approximate surface area is 116 Å². The molecule has 108 valence electrons. The van der Waals surface area contributed by atoms with Gasteiger partial charge in [-0.15, -0.1) is 0 Å². The zero-order valence-electron chi connectivity index (χ0n) is 12.0. The van der Waals surface area contributed by atoms with E-state index < -0.39 is 4.92 Å². The molecule has 0 aromatic carbocycles. The number of aryl methyl sites for hydroxylation is 3. The average molecular weight is 278 g/mol. The maximum absolute atomic E-state index is 11.2. The Kier molecular flexibility index (Phi) is 3.78. The van der Waals surface area contributed by atoms with E-state index >= 15 is 0 Å². The second kappa shape index (κ2) is 5.36. The fourth-order valence-electron chi connectivity index (χ4n) is 2.12. The summed E-state index contributed by atoms with van der Waals surface area (Å²) in [6.45, 7) is 5.59. The van der Waals surface area contributed by atoms with Gasteiger partial charge >= 0.3 is 5.69 Å². The van der Waals surface area contributed by atoms with E-state index in [2.05, 4.69) is 10.4 Å². The van der Waals surface area contributed by atoms with Crippen LogP contribution < -0.4 is 5.32 Å². The third kappa shape index (κ3) is 2.52. The molecule has 1 N–H and O–H groups in total. The van der Waals surface area contributed by atoms with Gasteiger partial charge < -0.3 is 9.73 Å². The molecule has 0 fully saturated rings. The monoisotopic (exact) mass is 278 g/mol. The molecule has 0 aliphatic carbocycles. The second-order valence-electron chi connectivity index (χ2n) is 4.69. The van der Waals surface area contributed by atoms with Crippen LogP contribution in [-0.2, 0) is 13.5 Å². The molecule has 0 aliphatic rings. The molecule has 0 spiro atoms. The molecule has 0 aliphatic heterocycles. The minimum absolute atomic E-state index is 0.0325. The van der Waals surface area contributed by atoms with Gasteiger partial charge in [0.2, 0.25) is 5.82 Å². The van der Waals surface area contributed by atoms with Gasteiger partial charge in [0.05, 0.1) is 11.0 Å². The molecule has 20 heavy (non-hydrogen) atoms. The number of anilines is 1. The van der Waals surface area contributed by atoms with E-state index in [-0.39, 0.29) is 11.7 Å². The normalized spacial score (nSPS) is 12.4. The van der Waals surface area contributed by atoms with E-state index in [4.69, 9.17) is 4.42 Å². The van der Waals surface area contributed by atoms with Crippen LogP contribution in [0.5, 0.6) is 0 Å². The van der Waals surface area contributed by atoms with Crippen molar-refractivity contribution >= 4 is 11.5 Å². The molecule has 2 heterocycles. The Hall–Kier alpha value is -2.31. The number of nitro groups is 1. The lowest BCUT2D eigenvalue weighted by Crippen LogP contribution is -2.10. The topological polar surface area (TPSA) is 86.1 Å². The van der Waals surface area contributed by atoms with Crippen molar-refractivity contribution in [2.75, 3.05) is 5.32 Å². The predicted molar refractivity (Wildman–Crippen MR) is 74.7 cm³/mol. The van der Waals surface area contributed by atoms with Gasteiger partial charge in [0.15, 0.2) is 0 Å². The summed E-state index contributed by atoms with van der Waals surface area (Å²) in [7, 11) is 1.69. The molecule has 1 unspecified atom stereocenters. The van der Waals surface area contributed by atoms with Crippen molar-refractivity contribution in [2.45, 2.75) is 33.2 Å². The zero-order chi connectivity index (χ0) is 14.9. The number of rotatable bonds is 5. The summed E-state index contributed by atoms with van der Waals surface area (Å²) in [4.78, 5) is 10.8. The summed E-state index contributed by atoms with van der Waals surface area (Å²) in [5, 5.41) is 18.5. The molecule has 2 aromatic rings. The number of hydrogen-bond donors (Lipinski definition) is 1. The van der Waals surface area contributed by atoms with E-state index in [9.17, 15) is 10.1 Å². The maximum Gasteiger partial charge on any atom is 0.333 e. The molecule has 7 nitrogen and oxygen atoms in total. The van der Waals surface area contributed by atoms with Crippen molar-refractivity contribution in [1.29, 1.82) is 0 Å². The first-order valence-electron chi connectivity index (χ1n) is 6.47. The van der Waals surface area contributed by atoms with Gasteiger partial charge in [0, 0.05) is 7.05 Å². The highest BCUT2D eigenvalue weighted by molar-refractivity contribution is 5.60. The summed E-state index contributed by atoms with van der Waals surface area (Å²) >= 11 is 0. The smallest absolute Gasteiger partial charge is 0.333 e. The predicted octanol–water partition coefficient (Wildman–Crippen LogP) is 2.97. The minimum Gasteiger partial charge on any atom is -0.464 e. The van der Waals surface area contributed by atoms with Crippen molar-refractivity contribution < 1.29 is 9.34 Å². The fourth-order valence-corrected chi connectivity index (χ4v) is 2.12. The van der Waals surface area contributed by atoms with Gasteiger partial charge in [0.1, 0.15) is 17.2 Å². The molecular weight excluding hydrogens is 260 g/mol. The molecule has 0 saturated carbocycles. The molecule has 0 radical (unpaired) electrons. The summed E-state index contributed by atoms with van der Waals surface area (Å²) in [6, 6.07) is 3.54. The van der Waals surface area contributed by atoms with Crippen LogP contribution in [0.25, 0.3) is 0 Å². The van der Waals surface area contributed by atoms with Crippen LogP contribution in [0.15, 0.2) is 16.5 Å². The Bertz CT molecular complexity index is 630. The van der Waals surface area contributed by atoms with Gasteiger partial charge in [-0.1, -0.05) is 6.92 Å². The molecular formula is C13H18N4O3.